The number of piperazine rings is 1. The van der Waals surface area contributed by atoms with E-state index in [0.29, 0.717) is 25.1 Å². The molecule has 130 valence electrons. The topological polar surface area (TPSA) is 61.7 Å². The Bertz CT molecular complexity index is 467. The third kappa shape index (κ3) is 5.09. The molecule has 1 aromatic rings. The Kier molecular flexibility index (Phi) is 7.14. The van der Waals surface area contributed by atoms with Crippen molar-refractivity contribution >= 4 is 0 Å². The minimum atomic E-state index is 0.368. The zero-order valence-electron chi connectivity index (χ0n) is 14.8. The van der Waals surface area contributed by atoms with Crippen LogP contribution in [0.5, 0.6) is 0 Å². The molecule has 23 heavy (non-hydrogen) atoms. The Morgan fingerprint density at radius 2 is 2.04 bits per heavy atom. The first-order valence-corrected chi connectivity index (χ1v) is 8.69. The van der Waals surface area contributed by atoms with Crippen LogP contribution in [0.3, 0.4) is 0 Å². The first-order chi connectivity index (χ1) is 11.2. The highest BCUT2D eigenvalue weighted by Gasteiger charge is 2.34. The van der Waals surface area contributed by atoms with Crippen LogP contribution < -0.4 is 9.80 Å². The SMILES string of the molecule is C=CC[NH+]1CC[NH+]([C@H](CC(C)C)c2nnnn2CCOC)CC1. The van der Waals surface area contributed by atoms with Crippen molar-refractivity contribution in [2.45, 2.75) is 32.9 Å². The molecular weight excluding hydrogens is 292 g/mol. The lowest BCUT2D eigenvalue weighted by Crippen LogP contribution is -3.28. The van der Waals surface area contributed by atoms with E-state index in [0.717, 1.165) is 31.9 Å². The van der Waals surface area contributed by atoms with Gasteiger partial charge in [0.2, 0.25) is 5.82 Å². The van der Waals surface area contributed by atoms with Gasteiger partial charge in [-0.2, -0.15) is 0 Å². The van der Waals surface area contributed by atoms with Crippen LogP contribution in [-0.2, 0) is 11.3 Å². The highest BCUT2D eigenvalue weighted by Crippen LogP contribution is 2.16. The molecular formula is C16H32N6O+2. The third-order valence-corrected chi connectivity index (χ3v) is 4.61. The summed E-state index contributed by atoms with van der Waals surface area (Å²) < 4.78 is 7.10. The molecule has 2 heterocycles. The van der Waals surface area contributed by atoms with E-state index in [-0.39, 0.29) is 0 Å². The fourth-order valence-electron chi connectivity index (χ4n) is 3.41. The number of hydrogen-bond donors (Lipinski definition) is 2. The number of nitrogens with zero attached hydrogens (tertiary/aromatic N) is 4. The number of quaternary nitrogens is 2. The first-order valence-electron chi connectivity index (χ1n) is 8.69. The van der Waals surface area contributed by atoms with Gasteiger partial charge < -0.3 is 14.5 Å². The van der Waals surface area contributed by atoms with Crippen molar-refractivity contribution in [3.8, 4) is 0 Å². The van der Waals surface area contributed by atoms with Gasteiger partial charge in [0, 0.05) is 13.5 Å². The van der Waals surface area contributed by atoms with Crippen LogP contribution in [0.4, 0.5) is 0 Å². The van der Waals surface area contributed by atoms with Crippen molar-refractivity contribution in [1.29, 1.82) is 0 Å². The molecule has 0 radical (unpaired) electrons. The fourth-order valence-corrected chi connectivity index (χ4v) is 3.41. The van der Waals surface area contributed by atoms with Crippen LogP contribution in [0, 0.1) is 5.92 Å². The summed E-state index contributed by atoms with van der Waals surface area (Å²) in [5.41, 5.74) is 0. The minimum absolute atomic E-state index is 0.368. The van der Waals surface area contributed by atoms with Gasteiger partial charge in [-0.15, -0.1) is 5.10 Å². The maximum absolute atomic E-state index is 5.18. The van der Waals surface area contributed by atoms with E-state index < -0.39 is 0 Å². The second-order valence-corrected chi connectivity index (χ2v) is 6.84. The Labute approximate surface area is 139 Å². The van der Waals surface area contributed by atoms with Crippen LogP contribution in [0.25, 0.3) is 0 Å². The number of rotatable bonds is 9. The molecule has 0 aliphatic carbocycles. The number of aromatic nitrogens is 4. The molecule has 0 aromatic carbocycles. The van der Waals surface area contributed by atoms with Crippen molar-refractivity contribution in [3.05, 3.63) is 18.5 Å². The smallest absolute Gasteiger partial charge is 0.209 e. The molecule has 0 saturated carbocycles. The van der Waals surface area contributed by atoms with Gasteiger partial charge >= 0.3 is 0 Å². The lowest BCUT2D eigenvalue weighted by atomic mass is 10.0. The summed E-state index contributed by atoms with van der Waals surface area (Å²) >= 11 is 0. The Balaban J connectivity index is 2.08. The van der Waals surface area contributed by atoms with E-state index in [1.165, 1.54) is 13.1 Å². The summed E-state index contributed by atoms with van der Waals surface area (Å²) in [6.45, 7) is 15.5. The lowest BCUT2D eigenvalue weighted by molar-refractivity contribution is -1.03. The van der Waals surface area contributed by atoms with E-state index in [1.54, 1.807) is 16.9 Å². The molecule has 1 aliphatic rings. The molecule has 0 spiro atoms. The van der Waals surface area contributed by atoms with Gasteiger partial charge in [-0.3, -0.25) is 0 Å². The lowest BCUT2D eigenvalue weighted by Gasteiger charge is -2.34. The van der Waals surface area contributed by atoms with Gasteiger partial charge in [0.15, 0.2) is 6.04 Å². The summed E-state index contributed by atoms with van der Waals surface area (Å²) in [4.78, 5) is 3.24. The van der Waals surface area contributed by atoms with E-state index in [9.17, 15) is 0 Å². The highest BCUT2D eigenvalue weighted by molar-refractivity contribution is 4.88. The minimum Gasteiger partial charge on any atom is -0.383 e. The second-order valence-electron chi connectivity index (χ2n) is 6.84. The van der Waals surface area contributed by atoms with E-state index in [1.807, 2.05) is 10.8 Å². The summed E-state index contributed by atoms with van der Waals surface area (Å²) in [7, 11) is 1.71. The molecule has 1 atom stereocenters. The summed E-state index contributed by atoms with van der Waals surface area (Å²) in [5, 5.41) is 12.4. The Morgan fingerprint density at radius 3 is 2.65 bits per heavy atom. The molecule has 1 aromatic heterocycles. The molecule has 1 saturated heterocycles. The zero-order chi connectivity index (χ0) is 16.7. The summed E-state index contributed by atoms with van der Waals surface area (Å²) in [6, 6.07) is 0.368. The standard InChI is InChI=1S/C16H30N6O/c1-5-6-20-7-9-21(10-8-20)15(13-14(2)3)16-17-18-19-22(16)11-12-23-4/h5,14-15H,1,6-13H2,2-4H3/p+2/t15-/m1/s1. The monoisotopic (exact) mass is 324 g/mol. The largest absolute Gasteiger partial charge is 0.383 e. The molecule has 2 rings (SSSR count). The van der Waals surface area contributed by atoms with Gasteiger partial charge in [0.05, 0.1) is 19.7 Å². The highest BCUT2D eigenvalue weighted by atomic mass is 16.5. The Morgan fingerprint density at radius 1 is 1.30 bits per heavy atom. The first kappa shape index (κ1) is 18.0. The van der Waals surface area contributed by atoms with Crippen LogP contribution in [0.15, 0.2) is 12.7 Å². The quantitative estimate of drug-likeness (QED) is 0.536. The average Bonchev–Trinajstić information content (AvgIpc) is 3.00. The van der Waals surface area contributed by atoms with Crippen LogP contribution in [0.2, 0.25) is 0 Å². The number of hydrogen-bond acceptors (Lipinski definition) is 4. The molecule has 7 heteroatoms. The normalized spacial score (nSPS) is 23.1. The van der Waals surface area contributed by atoms with Gasteiger partial charge in [-0.1, -0.05) is 20.4 Å². The molecule has 1 fully saturated rings. The van der Waals surface area contributed by atoms with Crippen molar-refractivity contribution in [2.24, 2.45) is 5.92 Å². The van der Waals surface area contributed by atoms with Crippen LogP contribution in [-0.4, -0.2) is 66.6 Å². The van der Waals surface area contributed by atoms with Crippen molar-refractivity contribution in [1.82, 2.24) is 20.2 Å². The third-order valence-electron chi connectivity index (χ3n) is 4.61. The van der Waals surface area contributed by atoms with Crippen LogP contribution >= 0.6 is 0 Å². The van der Waals surface area contributed by atoms with Gasteiger partial charge in [-0.25, -0.2) is 4.68 Å². The van der Waals surface area contributed by atoms with Gasteiger partial charge in [0.1, 0.15) is 26.2 Å². The summed E-state index contributed by atoms with van der Waals surface area (Å²) in [5.74, 6) is 1.64. The van der Waals surface area contributed by atoms with E-state index in [4.69, 9.17) is 4.74 Å². The molecule has 0 bridgehead atoms. The number of tetrazole rings is 1. The number of methoxy groups -OCH3 is 1. The van der Waals surface area contributed by atoms with Crippen molar-refractivity contribution in [2.75, 3.05) is 46.4 Å². The maximum atomic E-state index is 5.18. The molecule has 7 nitrogen and oxygen atoms in total. The van der Waals surface area contributed by atoms with E-state index in [2.05, 4.69) is 36.0 Å². The predicted octanol–water partition coefficient (Wildman–Crippen LogP) is -1.62. The fraction of sp³-hybridized carbons (Fsp3) is 0.812. The zero-order valence-corrected chi connectivity index (χ0v) is 14.8. The molecule has 0 unspecified atom stereocenters. The number of ether oxygens (including phenoxy) is 1. The molecule has 2 N–H and O–H groups in total. The molecule has 1 aliphatic heterocycles. The van der Waals surface area contributed by atoms with Crippen LogP contribution in [0.1, 0.15) is 32.1 Å². The Hall–Kier alpha value is -1.31. The van der Waals surface area contributed by atoms with Gasteiger partial charge in [0.25, 0.3) is 0 Å². The maximum Gasteiger partial charge on any atom is 0.209 e. The molecule has 0 amide bonds. The number of nitrogens with one attached hydrogen (secondary N) is 2. The van der Waals surface area contributed by atoms with Crippen molar-refractivity contribution in [3.63, 3.8) is 0 Å². The van der Waals surface area contributed by atoms with Crippen molar-refractivity contribution < 1.29 is 14.5 Å². The predicted molar refractivity (Wildman–Crippen MR) is 88.3 cm³/mol. The average molecular weight is 324 g/mol. The summed E-state index contributed by atoms with van der Waals surface area (Å²) in [6.07, 6.45) is 3.14. The van der Waals surface area contributed by atoms with Gasteiger partial charge in [-0.05, 0) is 22.4 Å². The van der Waals surface area contributed by atoms with E-state index >= 15 is 0 Å². The second kappa shape index (κ2) is 9.10.